The first-order chi connectivity index (χ1) is 8.71. The molecule has 1 heterocycles. The summed E-state index contributed by atoms with van der Waals surface area (Å²) in [4.78, 5) is 2.46. The third-order valence-electron chi connectivity index (χ3n) is 3.45. The molecule has 1 rings (SSSR count). The van der Waals surface area contributed by atoms with Crippen LogP contribution in [0.2, 0.25) is 0 Å². The van der Waals surface area contributed by atoms with Crippen LogP contribution in [0.1, 0.15) is 39.8 Å². The van der Waals surface area contributed by atoms with Crippen molar-refractivity contribution in [3.8, 4) is 0 Å². The van der Waals surface area contributed by atoms with Crippen molar-refractivity contribution >= 4 is 0 Å². The lowest BCUT2D eigenvalue weighted by atomic mass is 10.3. The van der Waals surface area contributed by atoms with E-state index in [0.29, 0.717) is 6.04 Å². The molecule has 0 aliphatic heterocycles. The molecule has 0 aliphatic carbocycles. The van der Waals surface area contributed by atoms with Gasteiger partial charge >= 0.3 is 0 Å². The van der Waals surface area contributed by atoms with Crippen LogP contribution in [-0.4, -0.2) is 35.1 Å². The van der Waals surface area contributed by atoms with Gasteiger partial charge in [0.15, 0.2) is 0 Å². The molecule has 0 aromatic carbocycles. The largest absolute Gasteiger partial charge is 0.350 e. The molecule has 3 heteroatoms. The maximum Gasteiger partial charge on any atom is 0.0362 e. The lowest BCUT2D eigenvalue weighted by Gasteiger charge is -2.23. The molecule has 1 aromatic rings. The SMILES string of the molecule is CCCn1cccc1CNC(C)CN(CC)CC. The van der Waals surface area contributed by atoms with Gasteiger partial charge < -0.3 is 14.8 Å². The van der Waals surface area contributed by atoms with E-state index in [9.17, 15) is 0 Å². The maximum atomic E-state index is 3.62. The van der Waals surface area contributed by atoms with Crippen molar-refractivity contribution in [2.75, 3.05) is 19.6 Å². The zero-order chi connectivity index (χ0) is 13.4. The topological polar surface area (TPSA) is 20.2 Å². The van der Waals surface area contributed by atoms with Crippen LogP contribution in [0.15, 0.2) is 18.3 Å². The van der Waals surface area contributed by atoms with E-state index in [-0.39, 0.29) is 0 Å². The predicted molar refractivity (Wildman–Crippen MR) is 78.8 cm³/mol. The number of nitrogens with zero attached hydrogens (tertiary/aromatic N) is 2. The molecule has 0 aliphatic rings. The van der Waals surface area contributed by atoms with Crippen LogP contribution in [-0.2, 0) is 13.1 Å². The fourth-order valence-corrected chi connectivity index (χ4v) is 2.28. The third-order valence-corrected chi connectivity index (χ3v) is 3.45. The quantitative estimate of drug-likeness (QED) is 0.728. The molecular formula is C15H29N3. The second-order valence-electron chi connectivity index (χ2n) is 4.96. The van der Waals surface area contributed by atoms with Gasteiger partial charge in [-0.05, 0) is 38.6 Å². The van der Waals surface area contributed by atoms with Gasteiger partial charge in [0.05, 0.1) is 0 Å². The van der Waals surface area contributed by atoms with Gasteiger partial charge in [0.25, 0.3) is 0 Å². The number of aromatic nitrogens is 1. The van der Waals surface area contributed by atoms with Gasteiger partial charge in [0.2, 0.25) is 0 Å². The first-order valence-electron chi connectivity index (χ1n) is 7.30. The highest BCUT2D eigenvalue weighted by Crippen LogP contribution is 2.04. The Labute approximate surface area is 112 Å². The smallest absolute Gasteiger partial charge is 0.0362 e. The molecule has 0 bridgehead atoms. The minimum absolute atomic E-state index is 0.537. The van der Waals surface area contributed by atoms with Crippen molar-refractivity contribution in [1.82, 2.24) is 14.8 Å². The minimum Gasteiger partial charge on any atom is -0.350 e. The third kappa shape index (κ3) is 4.83. The molecule has 0 saturated heterocycles. The Hall–Kier alpha value is -0.800. The molecule has 3 nitrogen and oxygen atoms in total. The summed E-state index contributed by atoms with van der Waals surface area (Å²) in [5.74, 6) is 0. The molecule has 0 spiro atoms. The lowest BCUT2D eigenvalue weighted by Crippen LogP contribution is -2.39. The van der Waals surface area contributed by atoms with Gasteiger partial charge in [0, 0.05) is 37.6 Å². The number of hydrogen-bond acceptors (Lipinski definition) is 2. The Balaban J connectivity index is 2.37. The van der Waals surface area contributed by atoms with E-state index < -0.39 is 0 Å². The van der Waals surface area contributed by atoms with Gasteiger partial charge in [-0.3, -0.25) is 0 Å². The molecule has 0 radical (unpaired) electrons. The standard InChI is InChI=1S/C15H29N3/c1-5-10-18-11-8-9-15(18)12-16-14(4)13-17(6-2)7-3/h8-9,11,14,16H,5-7,10,12-13H2,1-4H3. The Morgan fingerprint density at radius 3 is 2.61 bits per heavy atom. The van der Waals surface area contributed by atoms with E-state index in [1.807, 2.05) is 0 Å². The number of nitrogens with one attached hydrogen (secondary N) is 1. The zero-order valence-corrected chi connectivity index (χ0v) is 12.4. The van der Waals surface area contributed by atoms with E-state index in [1.165, 1.54) is 12.1 Å². The van der Waals surface area contributed by atoms with Gasteiger partial charge in [-0.15, -0.1) is 0 Å². The monoisotopic (exact) mass is 251 g/mol. The highest BCUT2D eigenvalue weighted by Gasteiger charge is 2.07. The van der Waals surface area contributed by atoms with Crippen molar-refractivity contribution in [3.05, 3.63) is 24.0 Å². The van der Waals surface area contributed by atoms with E-state index in [0.717, 1.165) is 32.7 Å². The second-order valence-corrected chi connectivity index (χ2v) is 4.96. The van der Waals surface area contributed by atoms with Gasteiger partial charge in [-0.2, -0.15) is 0 Å². The fourth-order valence-electron chi connectivity index (χ4n) is 2.28. The average Bonchev–Trinajstić information content (AvgIpc) is 2.81. The summed E-state index contributed by atoms with van der Waals surface area (Å²) in [6.07, 6.45) is 3.37. The predicted octanol–water partition coefficient (Wildman–Crippen LogP) is 2.72. The van der Waals surface area contributed by atoms with Crippen LogP contribution >= 0.6 is 0 Å². The number of likely N-dealkylation sites (N-methyl/N-ethyl adjacent to an activating group) is 1. The normalized spacial score (nSPS) is 13.2. The highest BCUT2D eigenvalue weighted by molar-refractivity contribution is 5.07. The zero-order valence-electron chi connectivity index (χ0n) is 12.4. The summed E-state index contributed by atoms with van der Waals surface area (Å²) in [6.45, 7) is 14.4. The van der Waals surface area contributed by atoms with Gasteiger partial charge in [-0.25, -0.2) is 0 Å². The van der Waals surface area contributed by atoms with Gasteiger partial charge in [0.1, 0.15) is 0 Å². The van der Waals surface area contributed by atoms with E-state index in [1.54, 1.807) is 0 Å². The molecule has 1 atom stereocenters. The number of rotatable bonds is 9. The fraction of sp³-hybridized carbons (Fsp3) is 0.733. The van der Waals surface area contributed by atoms with Crippen LogP contribution in [0.5, 0.6) is 0 Å². The first kappa shape index (κ1) is 15.3. The second kappa shape index (κ2) is 8.33. The van der Waals surface area contributed by atoms with Crippen molar-refractivity contribution in [2.45, 2.75) is 53.2 Å². The van der Waals surface area contributed by atoms with Crippen molar-refractivity contribution in [3.63, 3.8) is 0 Å². The number of hydrogen-bond donors (Lipinski definition) is 1. The summed E-state index contributed by atoms with van der Waals surface area (Å²) in [5, 5.41) is 3.62. The van der Waals surface area contributed by atoms with Crippen molar-refractivity contribution in [2.24, 2.45) is 0 Å². The molecule has 1 unspecified atom stereocenters. The van der Waals surface area contributed by atoms with Crippen LogP contribution in [0.4, 0.5) is 0 Å². The Morgan fingerprint density at radius 2 is 2.00 bits per heavy atom. The van der Waals surface area contributed by atoms with Crippen LogP contribution in [0, 0.1) is 0 Å². The summed E-state index contributed by atoms with van der Waals surface area (Å²) in [5.41, 5.74) is 1.39. The van der Waals surface area contributed by atoms with E-state index in [2.05, 4.69) is 60.8 Å². The first-order valence-corrected chi connectivity index (χ1v) is 7.30. The van der Waals surface area contributed by atoms with Gasteiger partial charge in [-0.1, -0.05) is 20.8 Å². The lowest BCUT2D eigenvalue weighted by molar-refractivity contribution is 0.270. The van der Waals surface area contributed by atoms with E-state index in [4.69, 9.17) is 0 Å². The summed E-state index contributed by atoms with van der Waals surface area (Å²) < 4.78 is 2.34. The highest BCUT2D eigenvalue weighted by atomic mass is 15.1. The average molecular weight is 251 g/mol. The Kier molecular flexibility index (Phi) is 7.06. The maximum absolute atomic E-state index is 3.62. The Morgan fingerprint density at radius 1 is 1.28 bits per heavy atom. The van der Waals surface area contributed by atoms with Crippen LogP contribution in [0.3, 0.4) is 0 Å². The van der Waals surface area contributed by atoms with Crippen LogP contribution < -0.4 is 5.32 Å². The molecule has 0 saturated carbocycles. The summed E-state index contributed by atoms with van der Waals surface area (Å²) in [6, 6.07) is 4.89. The molecule has 104 valence electrons. The Bertz CT molecular complexity index is 315. The molecule has 0 fully saturated rings. The van der Waals surface area contributed by atoms with Crippen LogP contribution in [0.25, 0.3) is 0 Å². The molecule has 1 N–H and O–H groups in total. The molecule has 1 aromatic heterocycles. The van der Waals surface area contributed by atoms with Crippen molar-refractivity contribution in [1.29, 1.82) is 0 Å². The summed E-state index contributed by atoms with van der Waals surface area (Å²) >= 11 is 0. The molecular weight excluding hydrogens is 222 g/mol. The molecule has 18 heavy (non-hydrogen) atoms. The number of aryl methyl sites for hydroxylation is 1. The minimum atomic E-state index is 0.537. The molecule has 0 amide bonds. The van der Waals surface area contributed by atoms with E-state index >= 15 is 0 Å². The van der Waals surface area contributed by atoms with Crippen molar-refractivity contribution < 1.29 is 0 Å². The summed E-state index contributed by atoms with van der Waals surface area (Å²) in [7, 11) is 0.